The first-order valence-electron chi connectivity index (χ1n) is 6.25. The Bertz CT molecular complexity index is 520. The molecule has 2 heterocycles. The molecule has 0 aliphatic heterocycles. The Labute approximate surface area is 107 Å². The van der Waals surface area contributed by atoms with E-state index < -0.39 is 0 Å². The normalized spacial score (nSPS) is 12.9. The maximum Gasteiger partial charge on any atom is 0.163 e. The largest absolute Gasteiger partial charge is 0.356 e. The number of hydrogen-bond acceptors (Lipinski definition) is 5. The molecule has 0 bridgehead atoms. The Hall–Kier alpha value is -1.69. The summed E-state index contributed by atoms with van der Waals surface area (Å²) in [5.41, 5.74) is 6.55. The SMILES string of the molecule is CCN(CC(C)CN)c1ncnc2c1cnn2C. The van der Waals surface area contributed by atoms with Crippen LogP contribution in [0.15, 0.2) is 12.5 Å². The van der Waals surface area contributed by atoms with E-state index in [0.717, 1.165) is 29.9 Å². The molecule has 0 aliphatic carbocycles. The van der Waals surface area contributed by atoms with Gasteiger partial charge >= 0.3 is 0 Å². The maximum atomic E-state index is 5.69. The quantitative estimate of drug-likeness (QED) is 0.846. The number of anilines is 1. The van der Waals surface area contributed by atoms with Gasteiger partial charge in [0.1, 0.15) is 12.1 Å². The summed E-state index contributed by atoms with van der Waals surface area (Å²) in [4.78, 5) is 10.9. The van der Waals surface area contributed by atoms with Crippen molar-refractivity contribution in [1.82, 2.24) is 19.7 Å². The standard InChI is InChI=1S/C12H20N6/c1-4-18(7-9(2)5-13)12-10-6-16-17(3)11(10)14-8-15-12/h6,8-9H,4-5,7,13H2,1-3H3. The first-order chi connectivity index (χ1) is 8.67. The van der Waals surface area contributed by atoms with Crippen molar-refractivity contribution in [3.63, 3.8) is 0 Å². The number of nitrogens with zero attached hydrogens (tertiary/aromatic N) is 5. The van der Waals surface area contributed by atoms with E-state index in [1.54, 1.807) is 11.0 Å². The fraction of sp³-hybridized carbons (Fsp3) is 0.583. The lowest BCUT2D eigenvalue weighted by Gasteiger charge is -2.25. The molecule has 0 fully saturated rings. The van der Waals surface area contributed by atoms with Gasteiger partial charge in [-0.2, -0.15) is 5.10 Å². The van der Waals surface area contributed by atoms with E-state index in [-0.39, 0.29) is 0 Å². The molecule has 1 atom stereocenters. The smallest absolute Gasteiger partial charge is 0.163 e. The van der Waals surface area contributed by atoms with Crippen molar-refractivity contribution in [2.75, 3.05) is 24.5 Å². The molecular formula is C12H20N6. The highest BCUT2D eigenvalue weighted by Gasteiger charge is 2.15. The van der Waals surface area contributed by atoms with Crippen molar-refractivity contribution in [3.8, 4) is 0 Å². The van der Waals surface area contributed by atoms with Crippen LogP contribution in [0, 0.1) is 5.92 Å². The second-order valence-corrected chi connectivity index (χ2v) is 4.58. The first kappa shape index (κ1) is 12.8. The van der Waals surface area contributed by atoms with Gasteiger partial charge in [-0.1, -0.05) is 6.92 Å². The molecule has 6 nitrogen and oxygen atoms in total. The molecule has 0 saturated heterocycles. The zero-order valence-electron chi connectivity index (χ0n) is 11.2. The lowest BCUT2D eigenvalue weighted by Crippen LogP contribution is -2.32. The van der Waals surface area contributed by atoms with Crippen LogP contribution >= 0.6 is 0 Å². The molecule has 2 aromatic heterocycles. The third-order valence-corrected chi connectivity index (χ3v) is 3.12. The topological polar surface area (TPSA) is 72.9 Å². The molecule has 0 radical (unpaired) electrons. The van der Waals surface area contributed by atoms with Crippen LogP contribution in [0.5, 0.6) is 0 Å². The average Bonchev–Trinajstić information content (AvgIpc) is 2.78. The van der Waals surface area contributed by atoms with Gasteiger partial charge in [0.15, 0.2) is 5.65 Å². The van der Waals surface area contributed by atoms with E-state index in [1.807, 2.05) is 13.2 Å². The molecule has 98 valence electrons. The van der Waals surface area contributed by atoms with Gasteiger partial charge in [-0.3, -0.25) is 4.68 Å². The van der Waals surface area contributed by atoms with Gasteiger partial charge in [0.05, 0.1) is 11.6 Å². The summed E-state index contributed by atoms with van der Waals surface area (Å²) in [7, 11) is 1.89. The van der Waals surface area contributed by atoms with Gasteiger partial charge < -0.3 is 10.6 Å². The molecule has 1 unspecified atom stereocenters. The van der Waals surface area contributed by atoms with Crippen molar-refractivity contribution < 1.29 is 0 Å². The average molecular weight is 248 g/mol. The van der Waals surface area contributed by atoms with Crippen molar-refractivity contribution in [3.05, 3.63) is 12.5 Å². The van der Waals surface area contributed by atoms with Crippen LogP contribution in [0.25, 0.3) is 11.0 Å². The van der Waals surface area contributed by atoms with Gasteiger partial charge in [0.2, 0.25) is 0 Å². The van der Waals surface area contributed by atoms with Crippen LogP contribution in [0.4, 0.5) is 5.82 Å². The van der Waals surface area contributed by atoms with Gasteiger partial charge in [-0.25, -0.2) is 9.97 Å². The lowest BCUT2D eigenvalue weighted by molar-refractivity contribution is 0.574. The Morgan fingerprint density at radius 1 is 1.44 bits per heavy atom. The number of aryl methyl sites for hydroxylation is 1. The highest BCUT2D eigenvalue weighted by atomic mass is 15.3. The van der Waals surface area contributed by atoms with E-state index in [2.05, 4.69) is 33.8 Å². The van der Waals surface area contributed by atoms with E-state index in [4.69, 9.17) is 5.73 Å². The predicted molar refractivity (Wildman–Crippen MR) is 72.4 cm³/mol. The van der Waals surface area contributed by atoms with Gasteiger partial charge in [0, 0.05) is 20.1 Å². The summed E-state index contributed by atoms with van der Waals surface area (Å²) < 4.78 is 1.76. The second-order valence-electron chi connectivity index (χ2n) is 4.58. The predicted octanol–water partition coefficient (Wildman–Crippen LogP) is 0.784. The minimum atomic E-state index is 0.437. The van der Waals surface area contributed by atoms with E-state index >= 15 is 0 Å². The number of rotatable bonds is 5. The van der Waals surface area contributed by atoms with Gasteiger partial charge in [-0.05, 0) is 19.4 Å². The number of aromatic nitrogens is 4. The fourth-order valence-electron chi connectivity index (χ4n) is 2.02. The van der Waals surface area contributed by atoms with E-state index in [9.17, 15) is 0 Å². The zero-order chi connectivity index (χ0) is 13.1. The van der Waals surface area contributed by atoms with Crippen LogP contribution in [0.3, 0.4) is 0 Å². The van der Waals surface area contributed by atoms with Crippen LogP contribution < -0.4 is 10.6 Å². The Kier molecular flexibility index (Phi) is 3.76. The van der Waals surface area contributed by atoms with Gasteiger partial charge in [-0.15, -0.1) is 0 Å². The molecule has 2 aromatic rings. The Morgan fingerprint density at radius 3 is 2.89 bits per heavy atom. The van der Waals surface area contributed by atoms with Crippen LogP contribution in [0.2, 0.25) is 0 Å². The fourth-order valence-corrected chi connectivity index (χ4v) is 2.02. The van der Waals surface area contributed by atoms with E-state index in [0.29, 0.717) is 12.5 Å². The third kappa shape index (κ3) is 2.28. The Morgan fingerprint density at radius 2 is 2.22 bits per heavy atom. The van der Waals surface area contributed by atoms with Crippen molar-refractivity contribution in [2.24, 2.45) is 18.7 Å². The highest BCUT2D eigenvalue weighted by Crippen LogP contribution is 2.22. The summed E-state index contributed by atoms with van der Waals surface area (Å²) in [6.45, 7) is 6.73. The van der Waals surface area contributed by atoms with Crippen LogP contribution in [-0.4, -0.2) is 39.4 Å². The number of hydrogen-bond donors (Lipinski definition) is 1. The molecule has 2 N–H and O–H groups in total. The minimum absolute atomic E-state index is 0.437. The summed E-state index contributed by atoms with van der Waals surface area (Å²) in [6, 6.07) is 0. The molecule has 0 spiro atoms. The highest BCUT2D eigenvalue weighted by molar-refractivity contribution is 5.86. The maximum absolute atomic E-state index is 5.69. The molecule has 0 amide bonds. The van der Waals surface area contributed by atoms with E-state index in [1.165, 1.54) is 0 Å². The molecule has 2 rings (SSSR count). The van der Waals surface area contributed by atoms with Crippen molar-refractivity contribution >= 4 is 16.9 Å². The number of nitrogens with two attached hydrogens (primary N) is 1. The molecular weight excluding hydrogens is 228 g/mol. The summed E-state index contributed by atoms with van der Waals surface area (Å²) >= 11 is 0. The molecule has 6 heteroatoms. The third-order valence-electron chi connectivity index (χ3n) is 3.12. The van der Waals surface area contributed by atoms with Crippen LogP contribution in [0.1, 0.15) is 13.8 Å². The van der Waals surface area contributed by atoms with Crippen molar-refractivity contribution in [2.45, 2.75) is 13.8 Å². The lowest BCUT2D eigenvalue weighted by atomic mass is 10.1. The summed E-state index contributed by atoms with van der Waals surface area (Å²) in [6.07, 6.45) is 3.41. The van der Waals surface area contributed by atoms with Crippen molar-refractivity contribution in [1.29, 1.82) is 0 Å². The monoisotopic (exact) mass is 248 g/mol. The molecule has 0 aromatic carbocycles. The molecule has 0 aliphatic rings. The van der Waals surface area contributed by atoms with Crippen LogP contribution in [-0.2, 0) is 7.05 Å². The Balaban J connectivity index is 2.38. The first-order valence-corrected chi connectivity index (χ1v) is 6.25. The summed E-state index contributed by atoms with van der Waals surface area (Å²) in [5.74, 6) is 1.38. The zero-order valence-corrected chi connectivity index (χ0v) is 11.2. The molecule has 18 heavy (non-hydrogen) atoms. The number of fused-ring (bicyclic) bond motifs is 1. The van der Waals surface area contributed by atoms with Gasteiger partial charge in [0.25, 0.3) is 0 Å². The molecule has 0 saturated carbocycles. The second kappa shape index (κ2) is 5.30. The summed E-state index contributed by atoms with van der Waals surface area (Å²) in [5, 5.41) is 5.23. The minimum Gasteiger partial charge on any atom is -0.356 e.